The summed E-state index contributed by atoms with van der Waals surface area (Å²) in [4.78, 5) is 0.116. The molecule has 6 nitrogen and oxygen atoms in total. The number of halogens is 1. The molecule has 2 aromatic carbocycles. The van der Waals surface area contributed by atoms with E-state index in [-0.39, 0.29) is 4.90 Å². The first-order valence-electron chi connectivity index (χ1n) is 9.25. The van der Waals surface area contributed by atoms with Crippen LogP contribution in [-0.2, 0) is 23.0 Å². The molecule has 0 aliphatic heterocycles. The molecule has 154 valence electrons. The lowest BCUT2D eigenvalue weighted by Gasteiger charge is -2.15. The second kappa shape index (κ2) is 10.7. The van der Waals surface area contributed by atoms with Gasteiger partial charge in [-0.15, -0.1) is 0 Å². The maximum Gasteiger partial charge on any atom is 0.238 e. The summed E-state index contributed by atoms with van der Waals surface area (Å²) in [6, 6.07) is 10.3. The van der Waals surface area contributed by atoms with Gasteiger partial charge in [0.25, 0.3) is 0 Å². The number of ether oxygens (including phenoxy) is 2. The van der Waals surface area contributed by atoms with Gasteiger partial charge in [-0.05, 0) is 55.6 Å². The molecule has 0 spiro atoms. The lowest BCUT2D eigenvalue weighted by molar-refractivity contribution is 0.276. The molecule has 0 bridgehead atoms. The first kappa shape index (κ1) is 22.5. The molecule has 8 heteroatoms. The van der Waals surface area contributed by atoms with Crippen LogP contribution in [0, 0.1) is 0 Å². The molecule has 0 saturated heterocycles. The van der Waals surface area contributed by atoms with Crippen LogP contribution in [0.25, 0.3) is 0 Å². The Morgan fingerprint density at radius 2 is 1.75 bits per heavy atom. The van der Waals surface area contributed by atoms with Crippen molar-refractivity contribution in [2.24, 2.45) is 5.14 Å². The van der Waals surface area contributed by atoms with Crippen LogP contribution in [0.3, 0.4) is 0 Å². The Kier molecular flexibility index (Phi) is 8.57. The van der Waals surface area contributed by atoms with E-state index in [0.717, 1.165) is 24.0 Å². The summed E-state index contributed by atoms with van der Waals surface area (Å²) in [7, 11) is -3.66. The molecule has 0 aromatic heterocycles. The number of hydrogen-bond donors (Lipinski definition) is 2. The summed E-state index contributed by atoms with van der Waals surface area (Å²) in [6.45, 7) is 6.43. The third kappa shape index (κ3) is 6.67. The number of nitrogens with two attached hydrogens (primary N) is 1. The predicted molar refractivity (Wildman–Crippen MR) is 112 cm³/mol. The van der Waals surface area contributed by atoms with Gasteiger partial charge in [0.15, 0.2) is 11.5 Å². The van der Waals surface area contributed by atoms with Crippen LogP contribution in [0.5, 0.6) is 11.5 Å². The first-order valence-corrected chi connectivity index (χ1v) is 11.2. The summed E-state index contributed by atoms with van der Waals surface area (Å²) < 4.78 is 33.9. The third-order valence-electron chi connectivity index (χ3n) is 4.03. The molecular weight excluding hydrogens is 400 g/mol. The Balaban J connectivity index is 1.94. The van der Waals surface area contributed by atoms with Crippen LogP contribution < -0.4 is 19.9 Å². The van der Waals surface area contributed by atoms with E-state index in [1.165, 1.54) is 12.1 Å². The van der Waals surface area contributed by atoms with E-state index in [4.69, 9.17) is 26.2 Å². The highest BCUT2D eigenvalue weighted by molar-refractivity contribution is 7.89. The normalized spacial score (nSPS) is 11.4. The number of nitrogens with one attached hydrogen (secondary N) is 1. The van der Waals surface area contributed by atoms with Crippen LogP contribution in [0.2, 0.25) is 5.02 Å². The van der Waals surface area contributed by atoms with E-state index in [0.29, 0.717) is 42.8 Å². The predicted octanol–water partition coefficient (Wildman–Crippen LogP) is 3.51. The Morgan fingerprint density at radius 1 is 1.07 bits per heavy atom. The summed E-state index contributed by atoms with van der Waals surface area (Å²) in [5.74, 6) is 1.35. The zero-order valence-corrected chi connectivity index (χ0v) is 17.8. The lowest BCUT2D eigenvalue weighted by Crippen LogP contribution is -2.17. The van der Waals surface area contributed by atoms with Crippen molar-refractivity contribution < 1.29 is 17.9 Å². The van der Waals surface area contributed by atoms with Crippen LogP contribution >= 0.6 is 11.6 Å². The van der Waals surface area contributed by atoms with E-state index < -0.39 is 10.0 Å². The van der Waals surface area contributed by atoms with Crippen molar-refractivity contribution in [3.8, 4) is 11.5 Å². The van der Waals surface area contributed by atoms with E-state index in [1.807, 2.05) is 19.9 Å². The number of hydrogen-bond acceptors (Lipinski definition) is 5. The Bertz CT molecular complexity index is 871. The van der Waals surface area contributed by atoms with Crippen LogP contribution in [0.4, 0.5) is 0 Å². The maximum atomic E-state index is 11.3. The first-order chi connectivity index (χ1) is 13.3. The van der Waals surface area contributed by atoms with Crippen molar-refractivity contribution >= 4 is 21.6 Å². The molecular formula is C20H27ClN2O4S. The quantitative estimate of drug-likeness (QED) is 0.536. The van der Waals surface area contributed by atoms with Crippen molar-refractivity contribution in [2.45, 2.75) is 38.1 Å². The maximum absolute atomic E-state index is 11.3. The molecule has 0 aliphatic rings. The van der Waals surface area contributed by atoms with Gasteiger partial charge in [-0.2, -0.15) is 0 Å². The molecule has 0 amide bonds. The highest BCUT2D eigenvalue weighted by atomic mass is 35.5. The number of benzene rings is 2. The van der Waals surface area contributed by atoms with Gasteiger partial charge in [0.1, 0.15) is 0 Å². The lowest BCUT2D eigenvalue weighted by atomic mass is 10.1. The number of primary sulfonamides is 1. The molecule has 0 unspecified atom stereocenters. The van der Waals surface area contributed by atoms with Crippen molar-refractivity contribution in [1.82, 2.24) is 5.32 Å². The van der Waals surface area contributed by atoms with Gasteiger partial charge < -0.3 is 14.8 Å². The summed E-state index contributed by atoms with van der Waals surface area (Å²) >= 11 is 6.39. The Labute approximate surface area is 172 Å². The number of sulfonamides is 1. The van der Waals surface area contributed by atoms with E-state index in [2.05, 4.69) is 5.32 Å². The monoisotopic (exact) mass is 426 g/mol. The van der Waals surface area contributed by atoms with E-state index >= 15 is 0 Å². The van der Waals surface area contributed by atoms with Gasteiger partial charge in [0, 0.05) is 17.6 Å². The third-order valence-corrected chi connectivity index (χ3v) is 5.31. The molecule has 0 saturated carbocycles. The zero-order chi connectivity index (χ0) is 20.6. The summed E-state index contributed by atoms with van der Waals surface area (Å²) in [6.07, 6.45) is 1.66. The van der Waals surface area contributed by atoms with Crippen molar-refractivity contribution in [3.63, 3.8) is 0 Å². The van der Waals surface area contributed by atoms with Crippen molar-refractivity contribution in [1.29, 1.82) is 0 Å². The van der Waals surface area contributed by atoms with Gasteiger partial charge in [-0.1, -0.05) is 30.7 Å². The van der Waals surface area contributed by atoms with Gasteiger partial charge in [-0.3, -0.25) is 0 Å². The Morgan fingerprint density at radius 3 is 2.36 bits per heavy atom. The van der Waals surface area contributed by atoms with Gasteiger partial charge in [-0.25, -0.2) is 13.6 Å². The minimum atomic E-state index is -3.66. The van der Waals surface area contributed by atoms with Crippen LogP contribution in [-0.4, -0.2) is 28.2 Å². The Hall–Kier alpha value is -1.80. The second-order valence-electron chi connectivity index (χ2n) is 6.29. The van der Waals surface area contributed by atoms with Crippen molar-refractivity contribution in [3.05, 3.63) is 52.5 Å². The average molecular weight is 427 g/mol. The fraction of sp³-hybridized carbons (Fsp3) is 0.400. The molecule has 0 heterocycles. The minimum absolute atomic E-state index is 0.116. The van der Waals surface area contributed by atoms with Gasteiger partial charge in [0.2, 0.25) is 10.0 Å². The molecule has 2 aromatic rings. The molecule has 28 heavy (non-hydrogen) atoms. The number of rotatable bonds is 11. The average Bonchev–Trinajstić information content (AvgIpc) is 2.65. The molecule has 0 atom stereocenters. The minimum Gasteiger partial charge on any atom is -0.490 e. The van der Waals surface area contributed by atoms with Gasteiger partial charge >= 0.3 is 0 Å². The summed E-state index contributed by atoms with van der Waals surface area (Å²) in [5, 5.41) is 9.08. The molecule has 0 fully saturated rings. The second-order valence-corrected chi connectivity index (χ2v) is 8.26. The van der Waals surface area contributed by atoms with Crippen LogP contribution in [0.1, 0.15) is 31.4 Å². The highest BCUT2D eigenvalue weighted by Gasteiger charge is 2.11. The zero-order valence-electron chi connectivity index (χ0n) is 16.2. The topological polar surface area (TPSA) is 90.6 Å². The summed E-state index contributed by atoms with van der Waals surface area (Å²) in [5.41, 5.74) is 1.95. The molecule has 0 radical (unpaired) electrons. The van der Waals surface area contributed by atoms with Crippen LogP contribution in [0.15, 0.2) is 41.3 Å². The fourth-order valence-corrected chi connectivity index (χ4v) is 3.34. The molecule has 3 N–H and O–H groups in total. The SMILES string of the molecule is CCCOc1cc(Cl)c(CNCCc2ccc(S(N)(=O)=O)cc2)cc1OCC. The standard InChI is InChI=1S/C20H27ClN2O4S/c1-3-11-27-20-13-18(21)16(12-19(20)26-4-2)14-23-10-9-15-5-7-17(8-6-15)28(22,24)25/h5-8,12-13,23H,3-4,9-11,14H2,1-2H3,(H2,22,24,25). The smallest absolute Gasteiger partial charge is 0.238 e. The van der Waals surface area contributed by atoms with Crippen molar-refractivity contribution in [2.75, 3.05) is 19.8 Å². The van der Waals surface area contributed by atoms with E-state index in [9.17, 15) is 8.42 Å². The highest BCUT2D eigenvalue weighted by Crippen LogP contribution is 2.33. The fourth-order valence-electron chi connectivity index (χ4n) is 2.61. The van der Waals surface area contributed by atoms with Gasteiger partial charge in [0.05, 0.1) is 18.1 Å². The van der Waals surface area contributed by atoms with E-state index in [1.54, 1.807) is 18.2 Å². The molecule has 2 rings (SSSR count). The molecule has 0 aliphatic carbocycles. The largest absolute Gasteiger partial charge is 0.490 e.